The van der Waals surface area contributed by atoms with Crippen LogP contribution in [0.5, 0.6) is 0 Å². The van der Waals surface area contributed by atoms with Crippen molar-refractivity contribution >= 4 is 60.2 Å². The van der Waals surface area contributed by atoms with E-state index in [0.29, 0.717) is 0 Å². The van der Waals surface area contributed by atoms with Crippen molar-refractivity contribution in [3.05, 3.63) is 134 Å². The molecule has 4 aromatic heterocycles. The van der Waals surface area contributed by atoms with Gasteiger partial charge >= 0.3 is 0 Å². The predicted octanol–water partition coefficient (Wildman–Crippen LogP) is 8.95. The molecule has 0 bridgehead atoms. The summed E-state index contributed by atoms with van der Waals surface area (Å²) in [5.74, 6) is 0. The standard InChI is InChI=1S/C36H22N4/c1-2-14-29-27(13-1)34-33(40-32-17-6-4-15-30(32)38-36(29)40)19-18-28-26-12-3-5-16-31(26)39(35(28)34)25-11-7-9-23(21-25)24-10-8-20-37-22-24/h1-22H. The van der Waals surface area contributed by atoms with Crippen molar-refractivity contribution in [2.75, 3.05) is 0 Å². The maximum absolute atomic E-state index is 5.09. The van der Waals surface area contributed by atoms with Crippen LogP contribution in [0.2, 0.25) is 0 Å². The van der Waals surface area contributed by atoms with Crippen molar-refractivity contribution in [2.45, 2.75) is 0 Å². The van der Waals surface area contributed by atoms with Gasteiger partial charge in [-0.25, -0.2) is 4.98 Å². The van der Waals surface area contributed by atoms with E-state index in [0.717, 1.165) is 44.4 Å². The van der Waals surface area contributed by atoms with Gasteiger partial charge in [0.2, 0.25) is 0 Å². The summed E-state index contributed by atoms with van der Waals surface area (Å²) in [6.45, 7) is 0. The second kappa shape index (κ2) is 8.01. The Hall–Kier alpha value is -5.48. The van der Waals surface area contributed by atoms with Crippen LogP contribution in [0.4, 0.5) is 0 Å². The molecule has 0 atom stereocenters. The molecule has 0 aliphatic heterocycles. The normalized spacial score (nSPS) is 12.0. The molecule has 0 fully saturated rings. The summed E-state index contributed by atoms with van der Waals surface area (Å²) in [6, 6.07) is 43.3. The summed E-state index contributed by atoms with van der Waals surface area (Å²) in [5, 5.41) is 6.07. The molecule has 0 saturated carbocycles. The number of para-hydroxylation sites is 3. The van der Waals surface area contributed by atoms with Crippen molar-refractivity contribution in [3.8, 4) is 16.8 Å². The van der Waals surface area contributed by atoms with Crippen LogP contribution in [-0.2, 0) is 0 Å². The number of rotatable bonds is 2. The SMILES string of the molecule is c1cncc(-c2cccc(-n3c4ccccc4c4ccc5c(c6ccccc6c6nc7ccccc7n56)c43)c2)c1. The Morgan fingerprint density at radius 2 is 1.30 bits per heavy atom. The van der Waals surface area contributed by atoms with Crippen molar-refractivity contribution in [2.24, 2.45) is 0 Å². The molecule has 4 nitrogen and oxygen atoms in total. The molecular formula is C36H22N4. The lowest BCUT2D eigenvalue weighted by Crippen LogP contribution is -1.97. The smallest absolute Gasteiger partial charge is 0.146 e. The van der Waals surface area contributed by atoms with E-state index in [1.165, 1.54) is 32.6 Å². The Balaban J connectivity index is 1.52. The fourth-order valence-electron chi connectivity index (χ4n) is 6.47. The quantitative estimate of drug-likeness (QED) is 0.218. The lowest BCUT2D eigenvalue weighted by atomic mass is 10.0. The Bertz CT molecular complexity index is 2430. The minimum Gasteiger partial charge on any atom is -0.309 e. The number of aromatic nitrogens is 4. The van der Waals surface area contributed by atoms with Gasteiger partial charge in [0.15, 0.2) is 0 Å². The van der Waals surface area contributed by atoms with Gasteiger partial charge in [-0.1, -0.05) is 78.9 Å². The van der Waals surface area contributed by atoms with Gasteiger partial charge in [-0.05, 0) is 53.4 Å². The second-order valence-corrected chi connectivity index (χ2v) is 10.3. The molecule has 4 heterocycles. The molecule has 9 rings (SSSR count). The molecule has 5 aromatic carbocycles. The third kappa shape index (κ3) is 2.85. The zero-order chi connectivity index (χ0) is 26.2. The molecule has 0 radical (unpaired) electrons. The van der Waals surface area contributed by atoms with Gasteiger partial charge in [-0.15, -0.1) is 0 Å². The summed E-state index contributed by atoms with van der Waals surface area (Å²) < 4.78 is 4.77. The number of imidazole rings is 1. The third-order valence-electron chi connectivity index (χ3n) is 8.15. The summed E-state index contributed by atoms with van der Waals surface area (Å²) in [6.07, 6.45) is 3.74. The van der Waals surface area contributed by atoms with Crippen molar-refractivity contribution < 1.29 is 0 Å². The van der Waals surface area contributed by atoms with E-state index >= 15 is 0 Å². The molecule has 0 spiro atoms. The molecule has 0 amide bonds. The Morgan fingerprint density at radius 3 is 2.17 bits per heavy atom. The molecular weight excluding hydrogens is 488 g/mol. The fourth-order valence-corrected chi connectivity index (χ4v) is 6.47. The summed E-state index contributed by atoms with van der Waals surface area (Å²) in [7, 11) is 0. The van der Waals surface area contributed by atoms with Gasteiger partial charge in [0.1, 0.15) is 5.65 Å². The Morgan fingerprint density at radius 1 is 0.525 bits per heavy atom. The topological polar surface area (TPSA) is 35.1 Å². The first-order valence-corrected chi connectivity index (χ1v) is 13.5. The first-order chi connectivity index (χ1) is 19.9. The lowest BCUT2D eigenvalue weighted by molar-refractivity contribution is 1.18. The van der Waals surface area contributed by atoms with E-state index in [4.69, 9.17) is 4.98 Å². The maximum atomic E-state index is 5.09. The molecule has 0 aliphatic carbocycles. The van der Waals surface area contributed by atoms with E-state index in [1.807, 2.05) is 18.5 Å². The van der Waals surface area contributed by atoms with E-state index in [1.54, 1.807) is 0 Å². The van der Waals surface area contributed by atoms with Crippen LogP contribution in [0.25, 0.3) is 77.0 Å². The van der Waals surface area contributed by atoms with Gasteiger partial charge in [-0.2, -0.15) is 0 Å². The van der Waals surface area contributed by atoms with Gasteiger partial charge in [0.05, 0.1) is 27.6 Å². The third-order valence-corrected chi connectivity index (χ3v) is 8.15. The highest BCUT2D eigenvalue weighted by molar-refractivity contribution is 6.27. The fraction of sp³-hybridized carbons (Fsp3) is 0. The minimum atomic E-state index is 0.991. The van der Waals surface area contributed by atoms with Gasteiger partial charge in [0, 0.05) is 45.2 Å². The van der Waals surface area contributed by atoms with Crippen LogP contribution in [0.3, 0.4) is 0 Å². The highest BCUT2D eigenvalue weighted by Gasteiger charge is 2.20. The van der Waals surface area contributed by atoms with Crippen molar-refractivity contribution in [1.29, 1.82) is 0 Å². The number of pyridine rings is 2. The lowest BCUT2D eigenvalue weighted by Gasteiger charge is -2.14. The number of benzene rings is 5. The van der Waals surface area contributed by atoms with Crippen LogP contribution in [0.15, 0.2) is 134 Å². The molecule has 4 heteroatoms. The molecule has 0 unspecified atom stereocenters. The van der Waals surface area contributed by atoms with Crippen LogP contribution in [0, 0.1) is 0 Å². The van der Waals surface area contributed by atoms with E-state index in [2.05, 4.69) is 129 Å². The van der Waals surface area contributed by atoms with E-state index in [-0.39, 0.29) is 0 Å². The molecule has 0 aliphatic rings. The second-order valence-electron chi connectivity index (χ2n) is 10.3. The molecule has 40 heavy (non-hydrogen) atoms. The largest absolute Gasteiger partial charge is 0.309 e. The zero-order valence-corrected chi connectivity index (χ0v) is 21.5. The van der Waals surface area contributed by atoms with Gasteiger partial charge in [0.25, 0.3) is 0 Å². The first kappa shape index (κ1) is 21.5. The van der Waals surface area contributed by atoms with E-state index < -0.39 is 0 Å². The monoisotopic (exact) mass is 510 g/mol. The average molecular weight is 511 g/mol. The molecule has 0 saturated heterocycles. The number of fused-ring (bicyclic) bond motifs is 12. The van der Waals surface area contributed by atoms with Gasteiger partial charge in [-0.3, -0.25) is 9.38 Å². The molecule has 9 aromatic rings. The van der Waals surface area contributed by atoms with Crippen LogP contribution >= 0.6 is 0 Å². The number of hydrogen-bond acceptors (Lipinski definition) is 2. The maximum Gasteiger partial charge on any atom is 0.146 e. The molecule has 186 valence electrons. The highest BCUT2D eigenvalue weighted by Crippen LogP contribution is 2.41. The van der Waals surface area contributed by atoms with E-state index in [9.17, 15) is 0 Å². The summed E-state index contributed by atoms with van der Waals surface area (Å²) in [4.78, 5) is 9.45. The number of nitrogens with zero attached hydrogens (tertiary/aromatic N) is 4. The summed E-state index contributed by atoms with van der Waals surface area (Å²) in [5.41, 5.74) is 10.0. The predicted molar refractivity (Wildman–Crippen MR) is 165 cm³/mol. The van der Waals surface area contributed by atoms with Crippen LogP contribution in [-0.4, -0.2) is 18.9 Å². The van der Waals surface area contributed by atoms with Gasteiger partial charge < -0.3 is 4.57 Å². The van der Waals surface area contributed by atoms with Crippen molar-refractivity contribution in [1.82, 2.24) is 18.9 Å². The minimum absolute atomic E-state index is 0.991. The highest BCUT2D eigenvalue weighted by atomic mass is 15.0. The van der Waals surface area contributed by atoms with Crippen LogP contribution in [0.1, 0.15) is 0 Å². The Labute approximate surface area is 229 Å². The van der Waals surface area contributed by atoms with Crippen molar-refractivity contribution in [3.63, 3.8) is 0 Å². The summed E-state index contributed by atoms with van der Waals surface area (Å²) >= 11 is 0. The molecule has 0 N–H and O–H groups in total. The number of hydrogen-bond donors (Lipinski definition) is 0. The van der Waals surface area contributed by atoms with Crippen LogP contribution < -0.4 is 0 Å². The Kier molecular flexibility index (Phi) is 4.30. The first-order valence-electron chi connectivity index (χ1n) is 13.5. The zero-order valence-electron chi connectivity index (χ0n) is 21.5. The average Bonchev–Trinajstić information content (AvgIpc) is 3.58.